The largest absolute Gasteiger partial charge is 0.497 e. The average Bonchev–Trinajstić information content (AvgIpc) is 2.29. The maximum Gasteiger partial charge on any atom is 0.124 e. The van der Waals surface area contributed by atoms with Crippen LogP contribution in [0.15, 0.2) is 18.2 Å². The first-order valence-corrected chi connectivity index (χ1v) is 5.30. The second-order valence-electron chi connectivity index (χ2n) is 3.97. The monoisotopic (exact) mass is 207 g/mol. The fourth-order valence-corrected chi connectivity index (χ4v) is 2.00. The minimum atomic E-state index is -0.262. The van der Waals surface area contributed by atoms with Gasteiger partial charge in [0.05, 0.1) is 13.7 Å². The van der Waals surface area contributed by atoms with Crippen LogP contribution >= 0.6 is 0 Å². The Labute approximate surface area is 90.2 Å². The fraction of sp³-hybridized carbons (Fsp3) is 0.500. The summed E-state index contributed by atoms with van der Waals surface area (Å²) in [6, 6.07) is 5.82. The second kappa shape index (κ2) is 3.74. The van der Waals surface area contributed by atoms with E-state index >= 15 is 0 Å². The molecule has 1 aromatic carbocycles. The molecule has 0 saturated carbocycles. The van der Waals surface area contributed by atoms with E-state index in [0.717, 1.165) is 29.9 Å². The summed E-state index contributed by atoms with van der Waals surface area (Å²) in [7, 11) is 1.66. The predicted molar refractivity (Wildman–Crippen MR) is 59.3 cm³/mol. The first-order valence-electron chi connectivity index (χ1n) is 5.30. The molecule has 0 spiro atoms. The normalized spacial score (nSPS) is 24.2. The van der Waals surface area contributed by atoms with Crippen molar-refractivity contribution in [3.63, 3.8) is 0 Å². The summed E-state index contributed by atoms with van der Waals surface area (Å²) in [6.45, 7) is 2.80. The first kappa shape index (κ1) is 10.3. The molecule has 2 rings (SSSR count). The highest BCUT2D eigenvalue weighted by Gasteiger charge is 2.32. The molecular formula is C12H17NO2. The Balaban J connectivity index is 2.48. The first-order chi connectivity index (χ1) is 7.19. The van der Waals surface area contributed by atoms with Gasteiger partial charge in [0, 0.05) is 17.5 Å². The molecule has 0 bridgehead atoms. The highest BCUT2D eigenvalue weighted by atomic mass is 16.5. The van der Waals surface area contributed by atoms with Crippen LogP contribution in [0, 0.1) is 0 Å². The van der Waals surface area contributed by atoms with Crippen molar-refractivity contribution in [2.45, 2.75) is 25.3 Å². The van der Waals surface area contributed by atoms with Crippen LogP contribution in [-0.4, -0.2) is 13.7 Å². The SMILES string of the molecule is CCC1(N)CCOc2ccc(OC)cc21. The van der Waals surface area contributed by atoms with Crippen LogP contribution in [0.3, 0.4) is 0 Å². The van der Waals surface area contributed by atoms with Crippen molar-refractivity contribution in [3.8, 4) is 11.5 Å². The van der Waals surface area contributed by atoms with Gasteiger partial charge in [-0.05, 0) is 24.6 Å². The Morgan fingerprint density at radius 2 is 2.33 bits per heavy atom. The maximum atomic E-state index is 6.36. The minimum Gasteiger partial charge on any atom is -0.497 e. The van der Waals surface area contributed by atoms with Crippen LogP contribution in [0.2, 0.25) is 0 Å². The van der Waals surface area contributed by atoms with Crippen molar-refractivity contribution in [1.82, 2.24) is 0 Å². The Morgan fingerprint density at radius 1 is 1.53 bits per heavy atom. The molecule has 0 radical (unpaired) electrons. The summed E-state index contributed by atoms with van der Waals surface area (Å²) in [5, 5.41) is 0. The smallest absolute Gasteiger partial charge is 0.124 e. The molecule has 0 fully saturated rings. The molecule has 1 aromatic rings. The summed E-state index contributed by atoms with van der Waals surface area (Å²) in [5.74, 6) is 1.73. The highest BCUT2D eigenvalue weighted by Crippen LogP contribution is 2.39. The number of fused-ring (bicyclic) bond motifs is 1. The number of hydrogen-bond acceptors (Lipinski definition) is 3. The van der Waals surface area contributed by atoms with Gasteiger partial charge in [0.25, 0.3) is 0 Å². The van der Waals surface area contributed by atoms with Crippen molar-refractivity contribution < 1.29 is 9.47 Å². The van der Waals surface area contributed by atoms with Gasteiger partial charge in [0.15, 0.2) is 0 Å². The third-order valence-corrected chi connectivity index (χ3v) is 3.16. The van der Waals surface area contributed by atoms with Crippen molar-refractivity contribution in [2.75, 3.05) is 13.7 Å². The summed E-state index contributed by atoms with van der Waals surface area (Å²) >= 11 is 0. The predicted octanol–water partition coefficient (Wildman–Crippen LogP) is 2.04. The van der Waals surface area contributed by atoms with E-state index in [1.807, 2.05) is 18.2 Å². The summed E-state index contributed by atoms with van der Waals surface area (Å²) in [6.07, 6.45) is 1.78. The van der Waals surface area contributed by atoms with Crippen molar-refractivity contribution in [2.24, 2.45) is 5.73 Å². The lowest BCUT2D eigenvalue weighted by Gasteiger charge is -2.34. The Hall–Kier alpha value is -1.22. The van der Waals surface area contributed by atoms with Crippen molar-refractivity contribution in [1.29, 1.82) is 0 Å². The second-order valence-corrected chi connectivity index (χ2v) is 3.97. The third kappa shape index (κ3) is 1.67. The fourth-order valence-electron chi connectivity index (χ4n) is 2.00. The van der Waals surface area contributed by atoms with E-state index in [4.69, 9.17) is 15.2 Å². The molecule has 3 heteroatoms. The van der Waals surface area contributed by atoms with Gasteiger partial charge in [0.1, 0.15) is 11.5 Å². The molecule has 1 heterocycles. The quantitative estimate of drug-likeness (QED) is 0.807. The van der Waals surface area contributed by atoms with Crippen LogP contribution in [0.25, 0.3) is 0 Å². The van der Waals surface area contributed by atoms with Crippen LogP contribution in [0.4, 0.5) is 0 Å². The van der Waals surface area contributed by atoms with E-state index < -0.39 is 0 Å². The van der Waals surface area contributed by atoms with Crippen LogP contribution in [0.1, 0.15) is 25.3 Å². The molecule has 0 aromatic heterocycles. The van der Waals surface area contributed by atoms with Gasteiger partial charge in [-0.1, -0.05) is 6.92 Å². The summed E-state index contributed by atoms with van der Waals surface area (Å²) in [5.41, 5.74) is 7.16. The van der Waals surface area contributed by atoms with E-state index in [1.165, 1.54) is 0 Å². The zero-order valence-electron chi connectivity index (χ0n) is 9.25. The molecule has 2 N–H and O–H groups in total. The van der Waals surface area contributed by atoms with Gasteiger partial charge in [-0.15, -0.1) is 0 Å². The topological polar surface area (TPSA) is 44.5 Å². The zero-order chi connectivity index (χ0) is 10.9. The lowest BCUT2D eigenvalue weighted by atomic mass is 9.83. The van der Waals surface area contributed by atoms with E-state index in [9.17, 15) is 0 Å². The standard InChI is InChI=1S/C12H17NO2/c1-3-12(13)6-7-15-11-5-4-9(14-2)8-10(11)12/h4-5,8H,3,6-7,13H2,1-2H3. The molecule has 15 heavy (non-hydrogen) atoms. The van der Waals surface area contributed by atoms with Gasteiger partial charge in [-0.3, -0.25) is 0 Å². The maximum absolute atomic E-state index is 6.36. The van der Waals surface area contributed by atoms with E-state index in [1.54, 1.807) is 7.11 Å². The van der Waals surface area contributed by atoms with Gasteiger partial charge >= 0.3 is 0 Å². The molecule has 0 aliphatic carbocycles. The number of methoxy groups -OCH3 is 1. The summed E-state index contributed by atoms with van der Waals surface area (Å²) < 4.78 is 10.8. The molecular weight excluding hydrogens is 190 g/mol. The molecule has 0 amide bonds. The van der Waals surface area contributed by atoms with E-state index in [-0.39, 0.29) is 5.54 Å². The molecule has 1 unspecified atom stereocenters. The molecule has 1 atom stereocenters. The molecule has 0 saturated heterocycles. The van der Waals surface area contributed by atoms with Crippen molar-refractivity contribution >= 4 is 0 Å². The molecule has 3 nitrogen and oxygen atoms in total. The van der Waals surface area contributed by atoms with Gasteiger partial charge < -0.3 is 15.2 Å². The lowest BCUT2D eigenvalue weighted by Crippen LogP contribution is -2.40. The van der Waals surface area contributed by atoms with Gasteiger partial charge in [-0.25, -0.2) is 0 Å². The Morgan fingerprint density at radius 3 is 3.00 bits per heavy atom. The molecule has 1 aliphatic rings. The average molecular weight is 207 g/mol. The molecule has 1 aliphatic heterocycles. The number of rotatable bonds is 2. The van der Waals surface area contributed by atoms with Crippen molar-refractivity contribution in [3.05, 3.63) is 23.8 Å². The zero-order valence-corrected chi connectivity index (χ0v) is 9.25. The number of nitrogens with two attached hydrogens (primary N) is 1. The van der Waals surface area contributed by atoms with E-state index in [0.29, 0.717) is 6.61 Å². The number of hydrogen-bond donors (Lipinski definition) is 1. The van der Waals surface area contributed by atoms with Crippen LogP contribution in [0.5, 0.6) is 11.5 Å². The Bertz CT molecular complexity index is 365. The minimum absolute atomic E-state index is 0.262. The lowest BCUT2D eigenvalue weighted by molar-refractivity contribution is 0.211. The summed E-state index contributed by atoms with van der Waals surface area (Å²) in [4.78, 5) is 0. The number of benzene rings is 1. The third-order valence-electron chi connectivity index (χ3n) is 3.16. The van der Waals surface area contributed by atoms with E-state index in [2.05, 4.69) is 6.92 Å². The Kier molecular flexibility index (Phi) is 2.57. The van der Waals surface area contributed by atoms with Gasteiger partial charge in [-0.2, -0.15) is 0 Å². The van der Waals surface area contributed by atoms with Crippen LogP contribution < -0.4 is 15.2 Å². The van der Waals surface area contributed by atoms with Gasteiger partial charge in [0.2, 0.25) is 0 Å². The number of ether oxygens (including phenoxy) is 2. The van der Waals surface area contributed by atoms with Crippen LogP contribution in [-0.2, 0) is 5.54 Å². The molecule has 82 valence electrons. The highest BCUT2D eigenvalue weighted by molar-refractivity contribution is 5.45.